The lowest BCUT2D eigenvalue weighted by Gasteiger charge is -2.16. The van der Waals surface area contributed by atoms with Gasteiger partial charge in [-0.2, -0.15) is 0 Å². The molecule has 1 unspecified atom stereocenters. The quantitative estimate of drug-likeness (QED) is 0.447. The molecule has 1 aliphatic heterocycles. The van der Waals surface area contributed by atoms with Gasteiger partial charge < -0.3 is 14.9 Å². The second-order valence-corrected chi connectivity index (χ2v) is 5.14. The number of aromatic amines is 1. The van der Waals surface area contributed by atoms with Crippen molar-refractivity contribution in [2.24, 2.45) is 0 Å². The van der Waals surface area contributed by atoms with Crippen LogP contribution in [0.5, 0.6) is 0 Å². The average Bonchev–Trinajstić information content (AvgIpc) is 2.57. The highest BCUT2D eigenvalue weighted by atomic mass is 127. The number of alkyl halides is 1. The summed E-state index contributed by atoms with van der Waals surface area (Å²) in [6, 6.07) is 1.17. The molecular weight excluding hydrogens is 343 g/mol. The van der Waals surface area contributed by atoms with Gasteiger partial charge in [-0.15, -0.1) is 0 Å². The number of hydrogen-bond donors (Lipinski definition) is 3. The Labute approximate surface area is 109 Å². The maximum atomic E-state index is 11.5. The van der Waals surface area contributed by atoms with E-state index in [2.05, 4.69) is 4.98 Å². The predicted molar refractivity (Wildman–Crippen MR) is 66.1 cm³/mol. The van der Waals surface area contributed by atoms with Crippen LogP contribution in [0.15, 0.2) is 21.9 Å². The highest BCUT2D eigenvalue weighted by molar-refractivity contribution is 14.1. The fourth-order valence-corrected chi connectivity index (χ4v) is 2.47. The van der Waals surface area contributed by atoms with Gasteiger partial charge in [0, 0.05) is 12.3 Å². The molecule has 8 heteroatoms. The van der Waals surface area contributed by atoms with Crippen molar-refractivity contribution in [1.29, 1.82) is 0 Å². The van der Waals surface area contributed by atoms with E-state index < -0.39 is 29.7 Å². The van der Waals surface area contributed by atoms with Crippen LogP contribution in [-0.4, -0.2) is 42.5 Å². The molecule has 0 saturated carbocycles. The first-order chi connectivity index (χ1) is 8.04. The molecule has 2 heterocycles. The van der Waals surface area contributed by atoms with Crippen LogP contribution in [0.4, 0.5) is 0 Å². The van der Waals surface area contributed by atoms with Crippen LogP contribution < -0.4 is 11.2 Å². The Morgan fingerprint density at radius 2 is 2.24 bits per heavy atom. The minimum absolute atomic E-state index is 0.237. The fourth-order valence-electron chi connectivity index (χ4n) is 1.71. The Morgan fingerprint density at radius 3 is 2.76 bits per heavy atom. The van der Waals surface area contributed by atoms with E-state index in [1.54, 1.807) is 0 Å². The van der Waals surface area contributed by atoms with Gasteiger partial charge in [0.05, 0.1) is 16.6 Å². The number of nitrogens with zero attached hydrogens (tertiary/aromatic N) is 1. The van der Waals surface area contributed by atoms with Crippen LogP contribution in [0.25, 0.3) is 0 Å². The molecular formula is C9H11IN2O5. The normalized spacial score (nSPS) is 32.9. The summed E-state index contributed by atoms with van der Waals surface area (Å²) < 4.78 is 6.16. The van der Waals surface area contributed by atoms with E-state index in [4.69, 9.17) is 9.84 Å². The first kappa shape index (κ1) is 12.7. The standard InChI is InChI=1S/C9H11IN2O5/c10-6-4(3-13)17-8(7(6)15)12-2-1-5(14)11-9(12)16/h1-2,4,6-8,13,15H,3H2,(H,11,14,16)/t4-,6?,7-,8-/m1/s1. The Hall–Kier alpha value is -0.710. The number of rotatable bonds is 2. The largest absolute Gasteiger partial charge is 0.394 e. The van der Waals surface area contributed by atoms with Gasteiger partial charge in [0.25, 0.3) is 5.56 Å². The minimum atomic E-state index is -0.920. The van der Waals surface area contributed by atoms with Crippen LogP contribution in [0, 0.1) is 0 Å². The van der Waals surface area contributed by atoms with Crippen LogP contribution in [0.2, 0.25) is 0 Å². The van der Waals surface area contributed by atoms with Crippen molar-refractivity contribution < 1.29 is 14.9 Å². The lowest BCUT2D eigenvalue weighted by Crippen LogP contribution is -2.36. The summed E-state index contributed by atoms with van der Waals surface area (Å²) in [6.45, 7) is -0.237. The number of aliphatic hydroxyl groups is 2. The lowest BCUT2D eigenvalue weighted by molar-refractivity contribution is -0.0529. The summed E-state index contributed by atoms with van der Waals surface area (Å²) in [5.74, 6) is 0. The molecule has 2 rings (SSSR count). The number of aliphatic hydroxyl groups excluding tert-OH is 2. The molecule has 7 nitrogen and oxygen atoms in total. The maximum Gasteiger partial charge on any atom is 0.330 e. The summed E-state index contributed by atoms with van der Waals surface area (Å²) in [7, 11) is 0. The van der Waals surface area contributed by atoms with Crippen LogP contribution >= 0.6 is 22.6 Å². The molecule has 3 N–H and O–H groups in total. The number of aromatic nitrogens is 2. The van der Waals surface area contributed by atoms with E-state index >= 15 is 0 Å². The Morgan fingerprint density at radius 1 is 1.53 bits per heavy atom. The summed E-state index contributed by atoms with van der Waals surface area (Å²) in [6.07, 6.45) is -1.08. The molecule has 0 spiro atoms. The smallest absolute Gasteiger partial charge is 0.330 e. The molecule has 94 valence electrons. The average molecular weight is 354 g/mol. The van der Waals surface area contributed by atoms with Crippen molar-refractivity contribution >= 4 is 22.6 Å². The number of H-pyrrole nitrogens is 1. The molecule has 0 bridgehead atoms. The number of hydrogen-bond acceptors (Lipinski definition) is 5. The van der Waals surface area contributed by atoms with Gasteiger partial charge in [0.15, 0.2) is 6.23 Å². The SMILES string of the molecule is O=c1ccn([C@@H]2O[C@H](CO)C(I)[C@H]2O)c(=O)[nH]1. The van der Waals surface area contributed by atoms with E-state index in [9.17, 15) is 14.7 Å². The third-order valence-electron chi connectivity index (χ3n) is 2.59. The van der Waals surface area contributed by atoms with Gasteiger partial charge in [-0.05, 0) is 0 Å². The Kier molecular flexibility index (Phi) is 3.66. The number of ether oxygens (including phenoxy) is 1. The van der Waals surface area contributed by atoms with Crippen molar-refractivity contribution in [3.63, 3.8) is 0 Å². The maximum absolute atomic E-state index is 11.5. The van der Waals surface area contributed by atoms with Gasteiger partial charge >= 0.3 is 5.69 Å². The highest BCUT2D eigenvalue weighted by Gasteiger charge is 2.43. The summed E-state index contributed by atoms with van der Waals surface area (Å²) in [5, 5.41) is 19.0. The third-order valence-corrected chi connectivity index (χ3v) is 4.13. The number of nitrogens with one attached hydrogen (secondary N) is 1. The van der Waals surface area contributed by atoms with Crippen molar-refractivity contribution in [3.8, 4) is 0 Å². The van der Waals surface area contributed by atoms with Gasteiger partial charge in [-0.3, -0.25) is 14.3 Å². The molecule has 1 aromatic rings. The zero-order valence-corrected chi connectivity index (χ0v) is 10.8. The molecule has 0 radical (unpaired) electrons. The van der Waals surface area contributed by atoms with E-state index in [0.717, 1.165) is 4.57 Å². The lowest BCUT2D eigenvalue weighted by atomic mass is 10.2. The summed E-state index contributed by atoms with van der Waals surface area (Å²) in [5.41, 5.74) is -1.16. The fraction of sp³-hybridized carbons (Fsp3) is 0.556. The Bertz CT molecular complexity index is 513. The topological polar surface area (TPSA) is 105 Å². The second-order valence-electron chi connectivity index (χ2n) is 3.70. The zero-order valence-electron chi connectivity index (χ0n) is 8.62. The third kappa shape index (κ3) is 2.30. The molecule has 1 fully saturated rings. The molecule has 4 atom stereocenters. The van der Waals surface area contributed by atoms with E-state index in [0.29, 0.717) is 0 Å². The number of halogens is 1. The molecule has 0 aromatic carbocycles. The van der Waals surface area contributed by atoms with E-state index in [-0.39, 0.29) is 10.5 Å². The van der Waals surface area contributed by atoms with Crippen molar-refractivity contribution in [3.05, 3.63) is 33.1 Å². The molecule has 17 heavy (non-hydrogen) atoms. The van der Waals surface area contributed by atoms with Gasteiger partial charge in [-0.25, -0.2) is 4.79 Å². The van der Waals surface area contributed by atoms with Gasteiger partial charge in [0.2, 0.25) is 0 Å². The van der Waals surface area contributed by atoms with E-state index in [1.807, 2.05) is 22.6 Å². The molecule has 0 aliphatic carbocycles. The minimum Gasteiger partial charge on any atom is -0.394 e. The van der Waals surface area contributed by atoms with Gasteiger partial charge in [-0.1, -0.05) is 22.6 Å². The first-order valence-corrected chi connectivity index (χ1v) is 6.19. The van der Waals surface area contributed by atoms with Gasteiger partial charge in [0.1, 0.15) is 6.10 Å². The summed E-state index contributed by atoms with van der Waals surface area (Å²) in [4.78, 5) is 24.5. The van der Waals surface area contributed by atoms with Crippen LogP contribution in [0.1, 0.15) is 6.23 Å². The Balaban J connectivity index is 2.35. The molecule has 1 saturated heterocycles. The van der Waals surface area contributed by atoms with Crippen LogP contribution in [-0.2, 0) is 4.74 Å². The van der Waals surface area contributed by atoms with Crippen molar-refractivity contribution in [1.82, 2.24) is 9.55 Å². The molecule has 1 aromatic heterocycles. The highest BCUT2D eigenvalue weighted by Crippen LogP contribution is 2.32. The molecule has 1 aliphatic rings. The van der Waals surface area contributed by atoms with E-state index in [1.165, 1.54) is 12.3 Å². The molecule has 0 amide bonds. The summed E-state index contributed by atoms with van der Waals surface area (Å²) >= 11 is 1.96. The van der Waals surface area contributed by atoms with Crippen LogP contribution in [0.3, 0.4) is 0 Å². The first-order valence-electron chi connectivity index (χ1n) is 4.94. The van der Waals surface area contributed by atoms with Crippen molar-refractivity contribution in [2.45, 2.75) is 22.4 Å². The zero-order chi connectivity index (χ0) is 12.6. The van der Waals surface area contributed by atoms with Crippen molar-refractivity contribution in [2.75, 3.05) is 6.61 Å². The monoisotopic (exact) mass is 354 g/mol. The second kappa shape index (κ2) is 4.88. The predicted octanol–water partition coefficient (Wildman–Crippen LogP) is -1.41.